The number of benzene rings is 2. The Balaban J connectivity index is 1.14. The van der Waals surface area contributed by atoms with Crippen molar-refractivity contribution < 1.29 is 14.3 Å². The number of aryl methyl sites for hydroxylation is 1. The van der Waals surface area contributed by atoms with Crippen molar-refractivity contribution in [3.05, 3.63) is 81.8 Å². The molecule has 1 saturated heterocycles. The van der Waals surface area contributed by atoms with Crippen LogP contribution in [-0.2, 0) is 24.3 Å². The maximum atomic E-state index is 14.0. The molecule has 0 radical (unpaired) electrons. The number of anilines is 1. The summed E-state index contributed by atoms with van der Waals surface area (Å²) < 4.78 is 8.33. The third kappa shape index (κ3) is 5.43. The normalized spacial score (nSPS) is 17.6. The molecule has 0 saturated carbocycles. The van der Waals surface area contributed by atoms with Gasteiger partial charge in [-0.25, -0.2) is 9.97 Å². The van der Waals surface area contributed by atoms with E-state index in [1.165, 1.54) is 11.3 Å². The lowest BCUT2D eigenvalue weighted by Gasteiger charge is -2.31. The van der Waals surface area contributed by atoms with Gasteiger partial charge in [0.2, 0.25) is 0 Å². The van der Waals surface area contributed by atoms with Gasteiger partial charge in [-0.15, -0.1) is 11.3 Å². The number of halogens is 1. The Bertz CT molecular complexity index is 1650. The van der Waals surface area contributed by atoms with Crippen molar-refractivity contribution in [2.45, 2.75) is 57.8 Å². The van der Waals surface area contributed by atoms with E-state index in [1.54, 1.807) is 22.8 Å². The molecule has 2 amide bonds. The molecule has 43 heavy (non-hydrogen) atoms. The Kier molecular flexibility index (Phi) is 7.67. The van der Waals surface area contributed by atoms with Gasteiger partial charge in [0.1, 0.15) is 11.9 Å². The van der Waals surface area contributed by atoms with Crippen molar-refractivity contribution in [2.75, 3.05) is 25.0 Å². The van der Waals surface area contributed by atoms with Crippen molar-refractivity contribution >= 4 is 39.9 Å². The van der Waals surface area contributed by atoms with Crippen LogP contribution in [0.25, 0.3) is 11.1 Å². The van der Waals surface area contributed by atoms with E-state index in [9.17, 15) is 9.59 Å². The van der Waals surface area contributed by atoms with E-state index in [-0.39, 0.29) is 24.5 Å². The third-order valence-corrected chi connectivity index (χ3v) is 9.79. The number of nitrogens with zero attached hydrogens (tertiary/aromatic N) is 5. The Morgan fingerprint density at radius 3 is 2.70 bits per heavy atom. The molecule has 5 heterocycles. The van der Waals surface area contributed by atoms with E-state index < -0.39 is 6.04 Å². The van der Waals surface area contributed by atoms with Crippen molar-refractivity contribution in [1.29, 1.82) is 0 Å². The number of piperidine rings is 1. The van der Waals surface area contributed by atoms with Crippen LogP contribution in [0, 0.1) is 0 Å². The summed E-state index contributed by atoms with van der Waals surface area (Å²) in [5.74, 6) is 0.267. The number of imidazole rings is 1. The smallest absolute Gasteiger partial charge is 0.255 e. The summed E-state index contributed by atoms with van der Waals surface area (Å²) in [7, 11) is 0. The summed E-state index contributed by atoms with van der Waals surface area (Å²) in [6.45, 7) is 6.48. The molecule has 1 N–H and O–H groups in total. The van der Waals surface area contributed by atoms with Crippen LogP contribution in [0.2, 0.25) is 5.02 Å². The number of thiazole rings is 1. The molecule has 7 rings (SSSR count). The van der Waals surface area contributed by atoms with Crippen LogP contribution in [-0.4, -0.2) is 61.9 Å². The van der Waals surface area contributed by atoms with Crippen molar-refractivity contribution in [2.24, 2.45) is 0 Å². The van der Waals surface area contributed by atoms with Gasteiger partial charge < -0.3 is 19.1 Å². The Labute approximate surface area is 259 Å². The second-order valence-corrected chi connectivity index (χ2v) is 12.6. The average Bonchev–Trinajstić information content (AvgIpc) is 3.82. The Morgan fingerprint density at radius 1 is 1.14 bits per heavy atom. The number of nitrogens with one attached hydrogen (secondary N) is 1. The van der Waals surface area contributed by atoms with E-state index in [0.717, 1.165) is 80.0 Å². The number of carbonyl (C=O) groups excluding carboxylic acids is 2. The van der Waals surface area contributed by atoms with Crippen LogP contribution in [0.1, 0.15) is 59.5 Å². The number of carbonyl (C=O) groups is 2. The maximum Gasteiger partial charge on any atom is 0.255 e. The quantitative estimate of drug-likeness (QED) is 0.269. The van der Waals surface area contributed by atoms with E-state index in [2.05, 4.69) is 31.7 Å². The number of fused-ring (bicyclic) bond motifs is 2. The second kappa shape index (κ2) is 11.7. The molecule has 0 bridgehead atoms. The summed E-state index contributed by atoms with van der Waals surface area (Å²) in [6.07, 6.45) is 7.48. The minimum absolute atomic E-state index is 0.221. The fraction of sp³-hybridized carbons (Fsp3) is 0.375. The van der Waals surface area contributed by atoms with E-state index in [4.69, 9.17) is 16.3 Å². The summed E-state index contributed by atoms with van der Waals surface area (Å²) in [5, 5.41) is 5.67. The van der Waals surface area contributed by atoms with E-state index in [1.807, 2.05) is 36.4 Å². The zero-order chi connectivity index (χ0) is 29.5. The molecule has 1 unspecified atom stereocenters. The minimum Gasteiger partial charge on any atom is -0.490 e. The number of ether oxygens (including phenoxy) is 1. The highest BCUT2D eigenvalue weighted by Crippen LogP contribution is 2.40. The molecule has 0 spiro atoms. The number of hydrogen-bond donors (Lipinski definition) is 1. The highest BCUT2D eigenvalue weighted by molar-refractivity contribution is 7.13. The molecule has 4 aromatic rings. The van der Waals surface area contributed by atoms with Gasteiger partial charge in [0.15, 0.2) is 11.2 Å². The number of likely N-dealkylation sites (tertiary alicyclic amines) is 1. The Morgan fingerprint density at radius 2 is 1.95 bits per heavy atom. The molecule has 3 aliphatic heterocycles. The van der Waals surface area contributed by atoms with Crippen LogP contribution >= 0.6 is 22.9 Å². The van der Waals surface area contributed by atoms with Crippen molar-refractivity contribution in [3.63, 3.8) is 0 Å². The lowest BCUT2D eigenvalue weighted by atomic mass is 10.00. The molecule has 2 aromatic carbocycles. The minimum atomic E-state index is -0.904. The number of rotatable bonds is 8. The maximum absolute atomic E-state index is 14.0. The van der Waals surface area contributed by atoms with Crippen LogP contribution in [0.4, 0.5) is 5.13 Å². The monoisotopic (exact) mass is 616 g/mol. The van der Waals surface area contributed by atoms with Gasteiger partial charge >= 0.3 is 0 Å². The molecule has 1 atom stereocenters. The number of amides is 2. The SMILES string of the molecule is CCN1CCC(Oc2ccc(-c3cc(Cl)c4c(c3)C(=O)N(C(C(=O)Nc3nccs3)c3ncn5c3CCC5)C4)cc2)CC1. The molecule has 3 aliphatic rings. The van der Waals surface area contributed by atoms with Crippen LogP contribution < -0.4 is 10.1 Å². The third-order valence-electron chi connectivity index (χ3n) is 8.76. The standard InChI is InChI=1S/C32H33ClN6O3S/c1-2-37-13-9-23(10-14-37)42-22-7-5-20(6-8-22)21-16-24-25(26(33)17-21)18-39(31(24)41)29(30(40)36-32-34-11-15-43-32)28-27-4-3-12-38(27)19-35-28/h5-8,11,15-17,19,23,29H,2-4,9-10,12-14,18H2,1H3,(H,34,36,40). The summed E-state index contributed by atoms with van der Waals surface area (Å²) in [4.78, 5) is 40.6. The average molecular weight is 617 g/mol. The zero-order valence-electron chi connectivity index (χ0n) is 24.0. The first-order valence-corrected chi connectivity index (χ1v) is 16.1. The molecule has 9 nitrogen and oxygen atoms in total. The molecule has 2 aromatic heterocycles. The predicted molar refractivity (Wildman–Crippen MR) is 167 cm³/mol. The first-order chi connectivity index (χ1) is 21.0. The lowest BCUT2D eigenvalue weighted by Crippen LogP contribution is -2.38. The number of aromatic nitrogens is 3. The van der Waals surface area contributed by atoms with Crippen molar-refractivity contribution in [3.8, 4) is 16.9 Å². The molecule has 0 aliphatic carbocycles. The fourth-order valence-corrected chi connectivity index (χ4v) is 7.24. The van der Waals surface area contributed by atoms with Gasteiger partial charge in [-0.3, -0.25) is 14.9 Å². The Hall–Kier alpha value is -3.73. The molecular formula is C32H33ClN6O3S. The number of hydrogen-bond acceptors (Lipinski definition) is 7. The van der Waals surface area contributed by atoms with Gasteiger partial charge in [-0.05, 0) is 67.6 Å². The van der Waals surface area contributed by atoms with E-state index >= 15 is 0 Å². The molecule has 222 valence electrons. The van der Waals surface area contributed by atoms with Crippen molar-refractivity contribution in [1.82, 2.24) is 24.3 Å². The first kappa shape index (κ1) is 28.1. The molecule has 11 heteroatoms. The van der Waals surface area contributed by atoms with Crippen LogP contribution in [0.5, 0.6) is 5.75 Å². The fourth-order valence-electron chi connectivity index (χ4n) is 6.43. The topological polar surface area (TPSA) is 92.6 Å². The molecule has 1 fully saturated rings. The highest BCUT2D eigenvalue weighted by atomic mass is 35.5. The lowest BCUT2D eigenvalue weighted by molar-refractivity contribution is -0.121. The van der Waals surface area contributed by atoms with Crippen LogP contribution in [0.15, 0.2) is 54.3 Å². The van der Waals surface area contributed by atoms with Gasteiger partial charge in [0.05, 0.1) is 12.0 Å². The van der Waals surface area contributed by atoms with Gasteiger partial charge in [-0.1, -0.05) is 30.7 Å². The van der Waals surface area contributed by atoms with Gasteiger partial charge in [0.25, 0.3) is 11.8 Å². The zero-order valence-corrected chi connectivity index (χ0v) is 25.5. The largest absolute Gasteiger partial charge is 0.490 e. The summed E-state index contributed by atoms with van der Waals surface area (Å²) in [6, 6.07) is 10.8. The summed E-state index contributed by atoms with van der Waals surface area (Å²) in [5.41, 5.74) is 4.61. The summed E-state index contributed by atoms with van der Waals surface area (Å²) >= 11 is 8.15. The van der Waals surface area contributed by atoms with E-state index in [0.29, 0.717) is 21.4 Å². The highest BCUT2D eigenvalue weighted by Gasteiger charge is 2.41. The first-order valence-electron chi connectivity index (χ1n) is 14.9. The predicted octanol–water partition coefficient (Wildman–Crippen LogP) is 5.81. The van der Waals surface area contributed by atoms with Crippen LogP contribution in [0.3, 0.4) is 0 Å². The van der Waals surface area contributed by atoms with Gasteiger partial charge in [-0.2, -0.15) is 0 Å². The molecular weight excluding hydrogens is 584 g/mol. The second-order valence-electron chi connectivity index (χ2n) is 11.3. The van der Waals surface area contributed by atoms with Gasteiger partial charge in [0, 0.05) is 59.6 Å².